The molecule has 4 heterocycles. The Morgan fingerprint density at radius 2 is 2.25 bits per heavy atom. The number of anilines is 2. The van der Waals surface area contributed by atoms with Crippen LogP contribution in [0.15, 0.2) is 28.4 Å². The van der Waals surface area contributed by atoms with E-state index in [4.69, 9.17) is 21.1 Å². The van der Waals surface area contributed by atoms with Gasteiger partial charge in [-0.25, -0.2) is 14.6 Å². The topological polar surface area (TPSA) is 125 Å². The van der Waals surface area contributed by atoms with Crippen molar-refractivity contribution < 1.29 is 24.2 Å². The SMILES string of the molecule is N#Cc1cnc2sc(C(=O)O)c3c2c1N(C1=C(Cl)CCC2=C1OCO2)C(=O)N3. The number of urea groups is 1. The van der Waals surface area contributed by atoms with Crippen LogP contribution in [0.4, 0.5) is 16.2 Å². The maximum atomic E-state index is 13.1. The average Bonchev–Trinajstić information content (AvgIpc) is 3.28. The monoisotopic (exact) mass is 416 g/mol. The highest BCUT2D eigenvalue weighted by molar-refractivity contribution is 7.21. The molecule has 2 amide bonds. The summed E-state index contributed by atoms with van der Waals surface area (Å²) in [5.74, 6) is -0.264. The molecule has 2 aromatic heterocycles. The number of hydrogen-bond acceptors (Lipinski definition) is 7. The van der Waals surface area contributed by atoms with E-state index in [2.05, 4.69) is 10.3 Å². The summed E-state index contributed by atoms with van der Waals surface area (Å²) >= 11 is 7.38. The van der Waals surface area contributed by atoms with Crippen LogP contribution in [0.1, 0.15) is 28.1 Å². The number of aromatic nitrogens is 1. The van der Waals surface area contributed by atoms with Crippen molar-refractivity contribution >= 4 is 56.5 Å². The Bertz CT molecular complexity index is 1210. The molecule has 0 saturated heterocycles. The second-order valence-electron chi connectivity index (χ2n) is 6.10. The van der Waals surface area contributed by atoms with Gasteiger partial charge in [-0.05, 0) is 6.42 Å². The van der Waals surface area contributed by atoms with Gasteiger partial charge in [-0.2, -0.15) is 5.26 Å². The lowest BCUT2D eigenvalue weighted by molar-refractivity contribution is 0.0701. The van der Waals surface area contributed by atoms with Gasteiger partial charge in [-0.1, -0.05) is 11.6 Å². The van der Waals surface area contributed by atoms with E-state index in [1.165, 1.54) is 11.1 Å². The van der Waals surface area contributed by atoms with Gasteiger partial charge < -0.3 is 19.9 Å². The third-order valence-corrected chi connectivity index (χ3v) is 6.08. The molecule has 140 valence electrons. The van der Waals surface area contributed by atoms with E-state index in [0.29, 0.717) is 39.6 Å². The van der Waals surface area contributed by atoms with Crippen molar-refractivity contribution in [3.8, 4) is 6.07 Å². The third-order valence-electron chi connectivity index (χ3n) is 4.62. The number of allylic oxidation sites excluding steroid dienone is 2. The minimum Gasteiger partial charge on any atom is -0.477 e. The number of carboxylic acid groups (broad SMARTS) is 1. The number of ether oxygens (including phenoxy) is 2. The quantitative estimate of drug-likeness (QED) is 0.764. The molecule has 0 aromatic carbocycles. The molecular formula is C17H9ClN4O5S. The number of nitriles is 1. The first-order valence-electron chi connectivity index (χ1n) is 8.09. The van der Waals surface area contributed by atoms with Gasteiger partial charge in [-0.3, -0.25) is 4.90 Å². The molecule has 9 nitrogen and oxygen atoms in total. The molecule has 0 saturated carbocycles. The van der Waals surface area contributed by atoms with Gasteiger partial charge in [0.1, 0.15) is 27.2 Å². The van der Waals surface area contributed by atoms with Gasteiger partial charge in [0.2, 0.25) is 6.79 Å². The normalized spacial score (nSPS) is 17.9. The van der Waals surface area contributed by atoms with Gasteiger partial charge in [0.15, 0.2) is 5.76 Å². The van der Waals surface area contributed by atoms with E-state index in [1.807, 2.05) is 6.07 Å². The molecule has 0 unspecified atom stereocenters. The van der Waals surface area contributed by atoms with Crippen LogP contribution in [-0.4, -0.2) is 28.9 Å². The largest absolute Gasteiger partial charge is 0.477 e. The number of amides is 2. The highest BCUT2D eigenvalue weighted by atomic mass is 35.5. The molecule has 0 fully saturated rings. The third kappa shape index (κ3) is 2.14. The molecule has 2 N–H and O–H groups in total. The van der Waals surface area contributed by atoms with Crippen LogP contribution in [0.3, 0.4) is 0 Å². The number of rotatable bonds is 2. The summed E-state index contributed by atoms with van der Waals surface area (Å²) in [4.78, 5) is 30.4. The summed E-state index contributed by atoms with van der Waals surface area (Å²) in [6.07, 6.45) is 2.29. The lowest BCUT2D eigenvalue weighted by atomic mass is 10.0. The lowest BCUT2D eigenvalue weighted by Gasteiger charge is -2.32. The van der Waals surface area contributed by atoms with Crippen LogP contribution in [0.25, 0.3) is 10.2 Å². The molecule has 28 heavy (non-hydrogen) atoms. The van der Waals surface area contributed by atoms with Crippen molar-refractivity contribution in [3.05, 3.63) is 38.9 Å². The van der Waals surface area contributed by atoms with Crippen molar-refractivity contribution in [1.29, 1.82) is 5.26 Å². The number of nitrogens with zero attached hydrogens (tertiary/aromatic N) is 3. The minimum absolute atomic E-state index is 0.0114. The van der Waals surface area contributed by atoms with E-state index in [0.717, 1.165) is 11.3 Å². The molecule has 0 bridgehead atoms. The first-order chi connectivity index (χ1) is 13.5. The first kappa shape index (κ1) is 16.9. The summed E-state index contributed by atoms with van der Waals surface area (Å²) in [7, 11) is 0. The number of carboxylic acids is 1. The average molecular weight is 417 g/mol. The molecule has 0 radical (unpaired) electrons. The van der Waals surface area contributed by atoms with Crippen LogP contribution in [-0.2, 0) is 9.47 Å². The van der Waals surface area contributed by atoms with Crippen molar-refractivity contribution in [2.45, 2.75) is 12.8 Å². The van der Waals surface area contributed by atoms with Crippen LogP contribution < -0.4 is 10.2 Å². The van der Waals surface area contributed by atoms with Crippen molar-refractivity contribution in [3.63, 3.8) is 0 Å². The van der Waals surface area contributed by atoms with E-state index in [-0.39, 0.29) is 34.3 Å². The van der Waals surface area contributed by atoms with Gasteiger partial charge >= 0.3 is 12.0 Å². The predicted octanol–water partition coefficient (Wildman–Crippen LogP) is 3.68. The van der Waals surface area contributed by atoms with E-state index < -0.39 is 12.0 Å². The second kappa shape index (κ2) is 5.85. The highest BCUT2D eigenvalue weighted by Gasteiger charge is 2.41. The van der Waals surface area contributed by atoms with Crippen molar-refractivity contribution in [2.75, 3.05) is 17.0 Å². The Morgan fingerprint density at radius 3 is 3.00 bits per heavy atom. The molecule has 0 spiro atoms. The summed E-state index contributed by atoms with van der Waals surface area (Å²) < 4.78 is 11.0. The number of hydrogen-bond donors (Lipinski definition) is 2. The van der Waals surface area contributed by atoms with Gasteiger partial charge in [-0.15, -0.1) is 11.3 Å². The Kier molecular flexibility index (Phi) is 3.52. The maximum absolute atomic E-state index is 13.1. The predicted molar refractivity (Wildman–Crippen MR) is 99.0 cm³/mol. The van der Waals surface area contributed by atoms with Crippen LogP contribution in [0.5, 0.6) is 0 Å². The number of thiophene rings is 1. The Labute approximate surface area is 166 Å². The second-order valence-corrected chi connectivity index (χ2v) is 7.56. The molecule has 1 aliphatic carbocycles. The molecule has 0 atom stereocenters. The number of carbonyl (C=O) groups is 2. The van der Waals surface area contributed by atoms with Crippen LogP contribution in [0, 0.1) is 11.3 Å². The standard InChI is InChI=1S/C17H9ClN4O5S/c18-7-1-2-8-13(27-5-26-8)12(7)22-11-6(3-19)4-20-15-9(11)10(21-17(22)25)14(28-15)16(23)24/h4H,1-2,5H2,(H,21,25)(H,23,24). The molecule has 3 aliphatic rings. The minimum atomic E-state index is -1.19. The Balaban J connectivity index is 1.84. The van der Waals surface area contributed by atoms with Crippen LogP contribution in [0.2, 0.25) is 0 Å². The number of carbonyl (C=O) groups excluding carboxylic acids is 1. The summed E-state index contributed by atoms with van der Waals surface area (Å²) in [5, 5.41) is 22.5. The first-order valence-corrected chi connectivity index (χ1v) is 9.28. The maximum Gasteiger partial charge on any atom is 0.348 e. The fourth-order valence-corrected chi connectivity index (χ4v) is 4.70. The number of pyridine rings is 1. The van der Waals surface area contributed by atoms with Crippen molar-refractivity contribution in [2.24, 2.45) is 0 Å². The Morgan fingerprint density at radius 1 is 1.43 bits per heavy atom. The van der Waals surface area contributed by atoms with Gasteiger partial charge in [0.25, 0.3) is 0 Å². The zero-order valence-corrected chi connectivity index (χ0v) is 15.5. The van der Waals surface area contributed by atoms with E-state index in [9.17, 15) is 20.0 Å². The molecule has 5 rings (SSSR count). The van der Waals surface area contributed by atoms with Crippen molar-refractivity contribution in [1.82, 2.24) is 4.98 Å². The number of aromatic carboxylic acids is 1. The smallest absolute Gasteiger partial charge is 0.348 e. The molecule has 2 aromatic rings. The summed E-state index contributed by atoms with van der Waals surface area (Å²) in [5.41, 5.74) is 0.753. The zero-order chi connectivity index (χ0) is 19.6. The lowest BCUT2D eigenvalue weighted by Crippen LogP contribution is -2.39. The zero-order valence-electron chi connectivity index (χ0n) is 13.9. The fraction of sp³-hybridized carbons (Fsp3) is 0.176. The highest BCUT2D eigenvalue weighted by Crippen LogP contribution is 2.49. The van der Waals surface area contributed by atoms with Crippen LogP contribution >= 0.6 is 22.9 Å². The van der Waals surface area contributed by atoms with Gasteiger partial charge in [0, 0.05) is 17.6 Å². The number of halogens is 1. The molecular weight excluding hydrogens is 408 g/mol. The van der Waals surface area contributed by atoms with E-state index >= 15 is 0 Å². The molecule has 11 heteroatoms. The summed E-state index contributed by atoms with van der Waals surface area (Å²) in [6.45, 7) is 0.0114. The fourth-order valence-electron chi connectivity index (χ4n) is 3.49. The Hall–Kier alpha value is -3.29. The number of nitrogens with one attached hydrogen (secondary N) is 1. The molecule has 2 aliphatic heterocycles. The van der Waals surface area contributed by atoms with E-state index in [1.54, 1.807) is 0 Å². The van der Waals surface area contributed by atoms with Gasteiger partial charge in [0.05, 0.1) is 22.3 Å². The summed E-state index contributed by atoms with van der Waals surface area (Å²) in [6, 6.07) is 1.38.